The van der Waals surface area contributed by atoms with Crippen LogP contribution in [0.3, 0.4) is 0 Å². The largest absolute Gasteiger partial charge is 0.253 e. The summed E-state index contributed by atoms with van der Waals surface area (Å²) in [6.07, 6.45) is 6.43. The first-order valence-corrected chi connectivity index (χ1v) is 16.3. The van der Waals surface area contributed by atoms with Crippen molar-refractivity contribution in [2.75, 3.05) is 11.5 Å². The van der Waals surface area contributed by atoms with Gasteiger partial charge in [0, 0.05) is 34.6 Å². The SMILES string of the molecule is CCS(=O)(=O)c1cccnc1-c1ccc(SSc2ccc(-c3ncccc3S(=O)(=O)CC)nc2)cn1. The number of sulfone groups is 2. The number of rotatable bonds is 9. The third-order valence-corrected chi connectivity index (χ3v) is 11.0. The van der Waals surface area contributed by atoms with Gasteiger partial charge in [0.25, 0.3) is 0 Å². The number of nitrogens with zero attached hydrogens (tertiary/aromatic N) is 4. The molecule has 0 fully saturated rings. The van der Waals surface area contributed by atoms with Crippen molar-refractivity contribution in [1.82, 2.24) is 19.9 Å². The lowest BCUT2D eigenvalue weighted by Gasteiger charge is -2.09. The highest BCUT2D eigenvalue weighted by atomic mass is 33.1. The van der Waals surface area contributed by atoms with Gasteiger partial charge in [0.15, 0.2) is 19.7 Å². The van der Waals surface area contributed by atoms with Crippen LogP contribution in [0.15, 0.2) is 92.9 Å². The molecule has 0 aliphatic carbocycles. The molecule has 0 unspecified atom stereocenters. The van der Waals surface area contributed by atoms with Gasteiger partial charge < -0.3 is 0 Å². The summed E-state index contributed by atoms with van der Waals surface area (Å²) in [5.41, 5.74) is 1.64. The van der Waals surface area contributed by atoms with E-state index in [1.54, 1.807) is 75.0 Å². The molecule has 0 spiro atoms. The molecule has 4 aromatic rings. The molecule has 0 aromatic carbocycles. The summed E-state index contributed by atoms with van der Waals surface area (Å²) in [4.78, 5) is 19.4. The van der Waals surface area contributed by atoms with Crippen molar-refractivity contribution in [2.24, 2.45) is 0 Å². The van der Waals surface area contributed by atoms with Gasteiger partial charge in [-0.25, -0.2) is 16.8 Å². The Morgan fingerprint density at radius 2 is 1.03 bits per heavy atom. The van der Waals surface area contributed by atoms with Gasteiger partial charge in [0.05, 0.1) is 32.7 Å². The second-order valence-corrected chi connectivity index (χ2v) is 14.2. The molecule has 0 N–H and O–H groups in total. The van der Waals surface area contributed by atoms with Gasteiger partial charge >= 0.3 is 0 Å². The van der Waals surface area contributed by atoms with Crippen LogP contribution >= 0.6 is 21.6 Å². The van der Waals surface area contributed by atoms with E-state index < -0.39 is 19.7 Å². The molecule has 0 aliphatic heterocycles. The zero-order chi connectivity index (χ0) is 25.8. The number of hydrogen-bond donors (Lipinski definition) is 0. The van der Waals surface area contributed by atoms with Gasteiger partial charge in [-0.3, -0.25) is 19.9 Å². The lowest BCUT2D eigenvalue weighted by Crippen LogP contribution is -2.07. The molecule has 4 heterocycles. The summed E-state index contributed by atoms with van der Waals surface area (Å²) >= 11 is 0. The zero-order valence-electron chi connectivity index (χ0n) is 19.4. The molecule has 4 rings (SSSR count). The van der Waals surface area contributed by atoms with E-state index in [1.165, 1.54) is 21.6 Å². The van der Waals surface area contributed by atoms with Crippen LogP contribution in [-0.4, -0.2) is 48.3 Å². The fourth-order valence-electron chi connectivity index (χ4n) is 3.21. The number of aromatic nitrogens is 4. The molecule has 0 aliphatic rings. The maximum absolute atomic E-state index is 12.4. The molecule has 0 amide bonds. The van der Waals surface area contributed by atoms with Crippen LogP contribution < -0.4 is 0 Å². The molecular weight excluding hydrogens is 537 g/mol. The minimum Gasteiger partial charge on any atom is -0.253 e. The van der Waals surface area contributed by atoms with Crippen molar-refractivity contribution in [1.29, 1.82) is 0 Å². The topological polar surface area (TPSA) is 120 Å². The Morgan fingerprint density at radius 3 is 1.36 bits per heavy atom. The van der Waals surface area contributed by atoms with E-state index in [0.29, 0.717) is 22.8 Å². The summed E-state index contributed by atoms with van der Waals surface area (Å²) in [5, 5.41) is 0. The van der Waals surface area contributed by atoms with Crippen LogP contribution in [0.2, 0.25) is 0 Å². The van der Waals surface area contributed by atoms with E-state index in [9.17, 15) is 16.8 Å². The average Bonchev–Trinajstić information content (AvgIpc) is 2.92. The molecule has 186 valence electrons. The Morgan fingerprint density at radius 1 is 0.611 bits per heavy atom. The zero-order valence-corrected chi connectivity index (χ0v) is 22.7. The van der Waals surface area contributed by atoms with Crippen LogP contribution in [0.1, 0.15) is 13.8 Å². The van der Waals surface area contributed by atoms with Crippen molar-refractivity contribution in [2.45, 2.75) is 33.4 Å². The fourth-order valence-corrected chi connectivity index (χ4v) is 7.11. The highest BCUT2D eigenvalue weighted by Gasteiger charge is 2.20. The Bertz CT molecular complexity index is 1450. The van der Waals surface area contributed by atoms with Crippen molar-refractivity contribution in [3.8, 4) is 22.8 Å². The van der Waals surface area contributed by atoms with E-state index in [1.807, 2.05) is 12.1 Å². The first-order valence-electron chi connectivity index (χ1n) is 10.9. The van der Waals surface area contributed by atoms with Gasteiger partial charge in [0.2, 0.25) is 0 Å². The summed E-state index contributed by atoms with van der Waals surface area (Å²) in [7, 11) is -3.92. The molecule has 0 atom stereocenters. The van der Waals surface area contributed by atoms with Gasteiger partial charge in [-0.05, 0) is 48.5 Å². The first kappa shape index (κ1) is 26.3. The van der Waals surface area contributed by atoms with E-state index >= 15 is 0 Å². The molecule has 0 saturated carbocycles. The van der Waals surface area contributed by atoms with Crippen LogP contribution in [0.4, 0.5) is 0 Å². The molecule has 12 heteroatoms. The van der Waals surface area contributed by atoms with E-state index in [2.05, 4.69) is 19.9 Å². The van der Waals surface area contributed by atoms with Crippen molar-refractivity contribution >= 4 is 41.3 Å². The molecule has 36 heavy (non-hydrogen) atoms. The lowest BCUT2D eigenvalue weighted by atomic mass is 10.2. The van der Waals surface area contributed by atoms with Gasteiger partial charge in [-0.15, -0.1) is 0 Å². The van der Waals surface area contributed by atoms with Crippen LogP contribution in [0.5, 0.6) is 0 Å². The normalized spacial score (nSPS) is 11.9. The molecule has 0 saturated heterocycles. The monoisotopic (exact) mass is 558 g/mol. The maximum Gasteiger partial charge on any atom is 0.180 e. The van der Waals surface area contributed by atoms with Crippen molar-refractivity contribution in [3.05, 3.63) is 73.3 Å². The predicted octanol–water partition coefficient (Wildman–Crippen LogP) is 4.99. The number of pyridine rings is 4. The van der Waals surface area contributed by atoms with Gasteiger partial charge in [-0.2, -0.15) is 0 Å². The molecule has 0 bridgehead atoms. The van der Waals surface area contributed by atoms with Crippen LogP contribution in [0.25, 0.3) is 22.8 Å². The minimum absolute atomic E-state index is 0.0147. The number of hydrogen-bond acceptors (Lipinski definition) is 10. The van der Waals surface area contributed by atoms with Crippen molar-refractivity contribution in [3.63, 3.8) is 0 Å². The second kappa shape index (κ2) is 11.1. The third-order valence-electron chi connectivity index (χ3n) is 5.16. The minimum atomic E-state index is -3.43. The third kappa shape index (κ3) is 5.77. The van der Waals surface area contributed by atoms with E-state index in [0.717, 1.165) is 9.79 Å². The van der Waals surface area contributed by atoms with Crippen LogP contribution in [0, 0.1) is 0 Å². The van der Waals surface area contributed by atoms with Gasteiger partial charge in [-0.1, -0.05) is 35.4 Å². The maximum atomic E-state index is 12.4. The highest BCUT2D eigenvalue weighted by molar-refractivity contribution is 8.76. The van der Waals surface area contributed by atoms with Gasteiger partial charge in [0.1, 0.15) is 11.4 Å². The van der Waals surface area contributed by atoms with E-state index in [4.69, 9.17) is 0 Å². The van der Waals surface area contributed by atoms with Crippen LogP contribution in [-0.2, 0) is 19.7 Å². The molecule has 4 aromatic heterocycles. The Kier molecular flexibility index (Phi) is 8.08. The second-order valence-electron chi connectivity index (χ2n) is 7.43. The quantitative estimate of drug-likeness (QED) is 0.260. The Labute approximate surface area is 218 Å². The summed E-state index contributed by atoms with van der Waals surface area (Å²) in [6.45, 7) is 3.19. The fraction of sp³-hybridized carbons (Fsp3) is 0.167. The Balaban J connectivity index is 1.48. The summed E-state index contributed by atoms with van der Waals surface area (Å²) in [6, 6.07) is 13.5. The van der Waals surface area contributed by atoms with E-state index in [-0.39, 0.29) is 21.3 Å². The molecular formula is C24H22N4O4S4. The predicted molar refractivity (Wildman–Crippen MR) is 142 cm³/mol. The molecule has 0 radical (unpaired) electrons. The summed E-state index contributed by atoms with van der Waals surface area (Å²) in [5.74, 6) is -0.0294. The summed E-state index contributed by atoms with van der Waals surface area (Å²) < 4.78 is 49.6. The smallest absolute Gasteiger partial charge is 0.180 e. The first-order chi connectivity index (χ1) is 17.2. The van der Waals surface area contributed by atoms with Crippen molar-refractivity contribution < 1.29 is 16.8 Å². The highest BCUT2D eigenvalue weighted by Crippen LogP contribution is 2.38. The Hall–Kier alpha value is -2.80. The average molecular weight is 559 g/mol. The standard InChI is InChI=1S/C24H22N4O4S4/c1-3-35(29,30)21-7-5-13-25-23(21)19-11-9-17(15-27-19)33-34-18-10-12-20(28-16-18)24-22(8-6-14-26-24)36(31,32)4-2/h5-16H,3-4H2,1-2H3. The lowest BCUT2D eigenvalue weighted by molar-refractivity contribution is 0.595. The molecule has 8 nitrogen and oxygen atoms in total.